The number of carbonyl (C=O) groups is 1. The van der Waals surface area contributed by atoms with E-state index in [-0.39, 0.29) is 12.5 Å². The Labute approximate surface area is 118 Å². The van der Waals surface area contributed by atoms with Crippen molar-refractivity contribution in [1.82, 2.24) is 20.3 Å². The predicted octanol–water partition coefficient (Wildman–Crippen LogP) is 0.966. The molecular formula is C14H19N5O. The van der Waals surface area contributed by atoms with Crippen LogP contribution in [0.5, 0.6) is 0 Å². The molecule has 0 aliphatic carbocycles. The van der Waals surface area contributed by atoms with E-state index in [2.05, 4.69) is 41.6 Å². The molecule has 6 heteroatoms. The van der Waals surface area contributed by atoms with Crippen LogP contribution in [0.25, 0.3) is 5.69 Å². The second-order valence-electron chi connectivity index (χ2n) is 4.88. The summed E-state index contributed by atoms with van der Waals surface area (Å²) >= 11 is 0. The Morgan fingerprint density at radius 3 is 2.95 bits per heavy atom. The van der Waals surface area contributed by atoms with Gasteiger partial charge in [0, 0.05) is 0 Å². The molecule has 1 aromatic heterocycles. The van der Waals surface area contributed by atoms with Crippen LogP contribution in [0.15, 0.2) is 30.5 Å². The van der Waals surface area contributed by atoms with Gasteiger partial charge in [-0.25, -0.2) is 4.68 Å². The van der Waals surface area contributed by atoms with Crippen LogP contribution in [0.3, 0.4) is 0 Å². The highest BCUT2D eigenvalue weighted by Crippen LogP contribution is 2.17. The van der Waals surface area contributed by atoms with Gasteiger partial charge >= 0.3 is 0 Å². The first kappa shape index (κ1) is 14.2. The number of hydrogen-bond donors (Lipinski definition) is 2. The number of amides is 1. The maximum Gasteiger partial charge on any atom is 0.234 e. The van der Waals surface area contributed by atoms with Crippen molar-refractivity contribution in [2.24, 2.45) is 5.73 Å². The monoisotopic (exact) mass is 273 g/mol. The minimum Gasteiger partial charge on any atom is -0.349 e. The van der Waals surface area contributed by atoms with Crippen LogP contribution in [0.2, 0.25) is 0 Å². The average Bonchev–Trinajstić information content (AvgIpc) is 2.93. The molecule has 20 heavy (non-hydrogen) atoms. The molecule has 0 spiro atoms. The molecule has 0 aliphatic heterocycles. The molecule has 2 aromatic rings. The van der Waals surface area contributed by atoms with E-state index >= 15 is 0 Å². The van der Waals surface area contributed by atoms with Gasteiger partial charge in [-0.1, -0.05) is 31.2 Å². The zero-order chi connectivity index (χ0) is 14.5. The van der Waals surface area contributed by atoms with Gasteiger partial charge in [0.2, 0.25) is 5.91 Å². The molecule has 6 nitrogen and oxygen atoms in total. The first-order valence-electron chi connectivity index (χ1n) is 6.58. The first-order chi connectivity index (χ1) is 9.60. The maximum atomic E-state index is 11.1. The molecule has 1 amide bonds. The van der Waals surface area contributed by atoms with Crippen molar-refractivity contribution in [3.05, 3.63) is 41.7 Å². The summed E-state index contributed by atoms with van der Waals surface area (Å²) in [4.78, 5) is 11.1. The molecule has 0 aliphatic rings. The van der Waals surface area contributed by atoms with E-state index in [4.69, 9.17) is 5.73 Å². The number of rotatable bonds is 5. The molecule has 0 radical (unpaired) electrons. The highest BCUT2D eigenvalue weighted by atomic mass is 16.1. The highest BCUT2D eigenvalue weighted by Gasteiger charge is 2.06. The Bertz CT molecular complexity index is 591. The minimum atomic E-state index is -0.207. The minimum absolute atomic E-state index is 0.0232. The molecule has 1 aromatic carbocycles. The molecule has 0 saturated carbocycles. The van der Waals surface area contributed by atoms with Crippen LogP contribution in [-0.4, -0.2) is 27.4 Å². The topological polar surface area (TPSA) is 85.8 Å². The van der Waals surface area contributed by atoms with Crippen molar-refractivity contribution >= 4 is 5.91 Å². The van der Waals surface area contributed by atoms with Gasteiger partial charge in [-0.3, -0.25) is 4.79 Å². The lowest BCUT2D eigenvalue weighted by molar-refractivity contribution is -0.119. The van der Waals surface area contributed by atoms with Gasteiger partial charge in [-0.2, -0.15) is 0 Å². The molecule has 0 fully saturated rings. The summed E-state index contributed by atoms with van der Waals surface area (Å²) in [6.07, 6.45) is 1.80. The first-order valence-corrected chi connectivity index (χ1v) is 6.58. The van der Waals surface area contributed by atoms with Crippen LogP contribution >= 0.6 is 0 Å². The van der Waals surface area contributed by atoms with Gasteiger partial charge in [0.1, 0.15) is 5.69 Å². The third kappa shape index (κ3) is 3.42. The molecular weight excluding hydrogens is 254 g/mol. The average molecular weight is 273 g/mol. The highest BCUT2D eigenvalue weighted by molar-refractivity contribution is 5.77. The predicted molar refractivity (Wildman–Crippen MR) is 76.3 cm³/mol. The van der Waals surface area contributed by atoms with Crippen LogP contribution < -0.4 is 11.1 Å². The van der Waals surface area contributed by atoms with E-state index < -0.39 is 0 Å². The van der Waals surface area contributed by atoms with Crippen molar-refractivity contribution in [2.75, 3.05) is 6.54 Å². The van der Waals surface area contributed by atoms with Crippen molar-refractivity contribution < 1.29 is 4.79 Å². The molecule has 2 rings (SSSR count). The Hall–Kier alpha value is -2.21. The second-order valence-corrected chi connectivity index (χ2v) is 4.88. The van der Waals surface area contributed by atoms with Crippen molar-refractivity contribution in [1.29, 1.82) is 0 Å². The van der Waals surface area contributed by atoms with Crippen molar-refractivity contribution in [3.8, 4) is 5.69 Å². The molecule has 3 N–H and O–H groups in total. The number of hydrogen-bond acceptors (Lipinski definition) is 4. The van der Waals surface area contributed by atoms with E-state index in [1.807, 2.05) is 12.1 Å². The lowest BCUT2D eigenvalue weighted by Gasteiger charge is -2.07. The van der Waals surface area contributed by atoms with Gasteiger partial charge in [0.25, 0.3) is 0 Å². The lowest BCUT2D eigenvalue weighted by atomic mass is 10.0. The van der Waals surface area contributed by atoms with Gasteiger partial charge < -0.3 is 11.1 Å². The van der Waals surface area contributed by atoms with Crippen molar-refractivity contribution in [3.63, 3.8) is 0 Å². The summed E-state index contributed by atoms with van der Waals surface area (Å²) < 4.78 is 1.70. The Balaban J connectivity index is 2.12. The fourth-order valence-electron chi connectivity index (χ4n) is 1.79. The van der Waals surface area contributed by atoms with Gasteiger partial charge in [0.15, 0.2) is 0 Å². The number of nitrogens with two attached hydrogens (primary N) is 1. The molecule has 106 valence electrons. The van der Waals surface area contributed by atoms with Crippen LogP contribution in [0, 0.1) is 0 Å². The second kappa shape index (κ2) is 6.29. The van der Waals surface area contributed by atoms with Crippen molar-refractivity contribution in [2.45, 2.75) is 26.3 Å². The largest absolute Gasteiger partial charge is 0.349 e. The van der Waals surface area contributed by atoms with Crippen LogP contribution in [0.1, 0.15) is 31.0 Å². The summed E-state index contributed by atoms with van der Waals surface area (Å²) in [7, 11) is 0. The quantitative estimate of drug-likeness (QED) is 0.849. The number of aromatic nitrogens is 3. The van der Waals surface area contributed by atoms with Crippen LogP contribution in [0.4, 0.5) is 0 Å². The number of nitrogens with one attached hydrogen (secondary N) is 1. The van der Waals surface area contributed by atoms with E-state index in [1.54, 1.807) is 10.9 Å². The summed E-state index contributed by atoms with van der Waals surface area (Å²) in [6.45, 7) is 4.60. The molecule has 0 bridgehead atoms. The van der Waals surface area contributed by atoms with E-state index in [9.17, 15) is 4.79 Å². The third-order valence-electron chi connectivity index (χ3n) is 2.99. The standard InChI is InChI=1S/C14H19N5O/c1-10(2)11-4-3-5-13(6-11)19-9-12(17-18-19)8-16-14(20)7-15/h3-6,9-10H,7-8,15H2,1-2H3,(H,16,20). The van der Waals surface area contributed by atoms with E-state index in [0.29, 0.717) is 18.2 Å². The number of carbonyl (C=O) groups excluding carboxylic acids is 1. The lowest BCUT2D eigenvalue weighted by Crippen LogP contribution is -2.29. The Kier molecular flexibility index (Phi) is 4.47. The fraction of sp³-hybridized carbons (Fsp3) is 0.357. The Morgan fingerprint density at radius 1 is 1.45 bits per heavy atom. The van der Waals surface area contributed by atoms with Gasteiger partial charge in [0.05, 0.1) is 25.0 Å². The SMILES string of the molecule is CC(C)c1cccc(-n2cc(CNC(=O)CN)nn2)c1. The fourth-order valence-corrected chi connectivity index (χ4v) is 1.79. The normalized spacial score (nSPS) is 10.8. The van der Waals surface area contributed by atoms with E-state index in [1.165, 1.54) is 5.56 Å². The van der Waals surface area contributed by atoms with Crippen LogP contribution in [-0.2, 0) is 11.3 Å². The molecule has 0 atom stereocenters. The maximum absolute atomic E-state index is 11.1. The number of benzene rings is 1. The summed E-state index contributed by atoms with van der Waals surface area (Å²) in [5.74, 6) is 0.253. The smallest absolute Gasteiger partial charge is 0.234 e. The molecule has 1 heterocycles. The summed E-state index contributed by atoms with van der Waals surface area (Å²) in [6, 6.07) is 8.15. The van der Waals surface area contributed by atoms with Gasteiger partial charge in [-0.15, -0.1) is 5.10 Å². The summed E-state index contributed by atoms with van der Waals surface area (Å²) in [5.41, 5.74) is 8.12. The zero-order valence-electron chi connectivity index (χ0n) is 11.7. The van der Waals surface area contributed by atoms with Gasteiger partial charge in [-0.05, 0) is 23.6 Å². The summed E-state index contributed by atoms with van der Waals surface area (Å²) in [5, 5.41) is 10.8. The van der Waals surface area contributed by atoms with E-state index in [0.717, 1.165) is 5.69 Å². The molecule has 0 saturated heterocycles. The molecule has 0 unspecified atom stereocenters. The Morgan fingerprint density at radius 2 is 2.25 bits per heavy atom. The zero-order valence-corrected chi connectivity index (χ0v) is 11.7. The number of nitrogens with zero attached hydrogens (tertiary/aromatic N) is 3. The third-order valence-corrected chi connectivity index (χ3v) is 2.99.